The molecular formula is C17H13ClF3N5OS. The highest BCUT2D eigenvalue weighted by Crippen LogP contribution is 2.39. The van der Waals surface area contributed by atoms with Crippen LogP contribution >= 0.6 is 23.4 Å². The number of amides is 1. The van der Waals surface area contributed by atoms with Gasteiger partial charge >= 0.3 is 6.18 Å². The molecule has 28 heavy (non-hydrogen) atoms. The Bertz CT molecular complexity index is 980. The van der Waals surface area contributed by atoms with Gasteiger partial charge in [-0.15, -0.1) is 5.10 Å². The predicted octanol–water partition coefficient (Wildman–Crippen LogP) is 4.35. The number of rotatable bonds is 5. The fourth-order valence-corrected chi connectivity index (χ4v) is 3.50. The molecule has 11 heteroatoms. The molecule has 3 rings (SSSR count). The topological polar surface area (TPSA) is 72.7 Å². The van der Waals surface area contributed by atoms with Crippen molar-refractivity contribution in [1.29, 1.82) is 0 Å². The monoisotopic (exact) mass is 427 g/mol. The van der Waals surface area contributed by atoms with Gasteiger partial charge in [0.25, 0.3) is 0 Å². The normalized spacial score (nSPS) is 12.6. The highest BCUT2D eigenvalue weighted by molar-refractivity contribution is 8.00. The first-order chi connectivity index (χ1) is 13.3. The molecule has 1 N–H and O–H groups in total. The summed E-state index contributed by atoms with van der Waals surface area (Å²) in [7, 11) is 1.60. The van der Waals surface area contributed by atoms with E-state index >= 15 is 0 Å². The van der Waals surface area contributed by atoms with E-state index < -0.39 is 22.9 Å². The lowest BCUT2D eigenvalue weighted by Crippen LogP contribution is -2.22. The van der Waals surface area contributed by atoms with Crippen LogP contribution in [0.3, 0.4) is 0 Å². The van der Waals surface area contributed by atoms with E-state index in [9.17, 15) is 18.0 Å². The van der Waals surface area contributed by atoms with Gasteiger partial charge in [0.1, 0.15) is 5.25 Å². The number of thioether (sulfide) groups is 1. The Morgan fingerprint density at radius 1 is 1.21 bits per heavy atom. The molecule has 0 unspecified atom stereocenters. The zero-order chi connectivity index (χ0) is 20.3. The second-order valence-electron chi connectivity index (χ2n) is 5.67. The maximum Gasteiger partial charge on any atom is 0.418 e. The molecule has 2 aromatic carbocycles. The molecular weight excluding hydrogens is 415 g/mol. The highest BCUT2D eigenvalue weighted by atomic mass is 35.5. The van der Waals surface area contributed by atoms with Crippen LogP contribution in [-0.4, -0.2) is 26.1 Å². The number of halogens is 4. The summed E-state index contributed by atoms with van der Waals surface area (Å²) in [6.45, 7) is 0. The molecule has 0 aliphatic carbocycles. The van der Waals surface area contributed by atoms with Crippen LogP contribution < -0.4 is 5.32 Å². The highest BCUT2D eigenvalue weighted by Gasteiger charge is 2.35. The summed E-state index contributed by atoms with van der Waals surface area (Å²) in [6, 6.07) is 11.8. The third kappa shape index (κ3) is 4.63. The van der Waals surface area contributed by atoms with Crippen molar-refractivity contribution in [3.8, 4) is 0 Å². The van der Waals surface area contributed by atoms with Crippen LogP contribution in [0.1, 0.15) is 16.4 Å². The lowest BCUT2D eigenvalue weighted by atomic mass is 10.1. The van der Waals surface area contributed by atoms with Gasteiger partial charge in [0.2, 0.25) is 11.1 Å². The minimum atomic E-state index is -4.67. The van der Waals surface area contributed by atoms with Crippen LogP contribution in [0.15, 0.2) is 53.7 Å². The molecule has 1 amide bonds. The number of alkyl halides is 3. The quantitative estimate of drug-likeness (QED) is 0.613. The molecule has 1 aromatic heterocycles. The summed E-state index contributed by atoms with van der Waals surface area (Å²) in [5.41, 5.74) is -0.805. The molecule has 1 heterocycles. The second-order valence-corrected chi connectivity index (χ2v) is 7.18. The van der Waals surface area contributed by atoms with E-state index in [4.69, 9.17) is 11.6 Å². The van der Waals surface area contributed by atoms with Crippen molar-refractivity contribution >= 4 is 35.0 Å². The summed E-state index contributed by atoms with van der Waals surface area (Å²) in [5, 5.41) is 12.8. The van der Waals surface area contributed by atoms with Gasteiger partial charge in [-0.2, -0.15) is 13.2 Å². The van der Waals surface area contributed by atoms with Crippen LogP contribution in [-0.2, 0) is 18.0 Å². The summed E-state index contributed by atoms with van der Waals surface area (Å²) in [6.07, 6.45) is -4.67. The van der Waals surface area contributed by atoms with E-state index in [1.54, 1.807) is 37.4 Å². The Morgan fingerprint density at radius 3 is 2.54 bits per heavy atom. The molecule has 0 saturated carbocycles. The largest absolute Gasteiger partial charge is 0.418 e. The number of anilines is 1. The molecule has 146 valence electrons. The van der Waals surface area contributed by atoms with E-state index in [1.165, 1.54) is 10.7 Å². The van der Waals surface area contributed by atoms with Crippen molar-refractivity contribution in [2.75, 3.05) is 5.32 Å². The minimum absolute atomic E-state index is 0.0792. The van der Waals surface area contributed by atoms with E-state index in [1.807, 2.05) is 0 Å². The maximum atomic E-state index is 13.3. The van der Waals surface area contributed by atoms with E-state index in [2.05, 4.69) is 20.8 Å². The van der Waals surface area contributed by atoms with Crippen molar-refractivity contribution in [2.24, 2.45) is 7.05 Å². The maximum absolute atomic E-state index is 13.3. The average Bonchev–Trinajstić information content (AvgIpc) is 3.05. The molecule has 0 saturated heterocycles. The van der Waals surface area contributed by atoms with E-state index in [-0.39, 0.29) is 10.7 Å². The molecule has 0 fully saturated rings. The van der Waals surface area contributed by atoms with Gasteiger partial charge < -0.3 is 5.32 Å². The Hall–Kier alpha value is -2.59. The Morgan fingerprint density at radius 2 is 1.93 bits per heavy atom. The Labute approximate surface area is 167 Å². The minimum Gasteiger partial charge on any atom is -0.324 e. The first-order valence-corrected chi connectivity index (χ1v) is 9.13. The van der Waals surface area contributed by atoms with Gasteiger partial charge in [-0.1, -0.05) is 53.7 Å². The third-order valence-corrected chi connectivity index (χ3v) is 5.20. The van der Waals surface area contributed by atoms with Gasteiger partial charge in [0, 0.05) is 12.1 Å². The zero-order valence-electron chi connectivity index (χ0n) is 14.3. The molecule has 0 aliphatic rings. The number of tetrazole rings is 1. The SMILES string of the molecule is Cn1nnnc1S[C@H](C(=O)Nc1ccc(Cl)cc1C(F)(F)F)c1ccccc1. The van der Waals surface area contributed by atoms with Crippen molar-refractivity contribution in [3.63, 3.8) is 0 Å². The molecule has 0 radical (unpaired) electrons. The number of benzene rings is 2. The molecule has 0 spiro atoms. The lowest BCUT2D eigenvalue weighted by Gasteiger charge is -2.19. The Kier molecular flexibility index (Phi) is 5.90. The van der Waals surface area contributed by atoms with Crippen LogP contribution in [0.4, 0.5) is 18.9 Å². The third-order valence-electron chi connectivity index (χ3n) is 3.69. The van der Waals surface area contributed by atoms with E-state index in [0.717, 1.165) is 23.9 Å². The fourth-order valence-electron chi connectivity index (χ4n) is 2.39. The van der Waals surface area contributed by atoms with Crippen LogP contribution in [0.2, 0.25) is 5.02 Å². The number of nitrogens with one attached hydrogen (secondary N) is 1. The van der Waals surface area contributed by atoms with Gasteiger partial charge in [0.05, 0.1) is 11.3 Å². The van der Waals surface area contributed by atoms with Gasteiger partial charge in [0.15, 0.2) is 0 Å². The predicted molar refractivity (Wildman–Crippen MR) is 98.9 cm³/mol. The number of carbonyl (C=O) groups excluding carboxylic acids is 1. The van der Waals surface area contributed by atoms with Crippen LogP contribution in [0.25, 0.3) is 0 Å². The first-order valence-electron chi connectivity index (χ1n) is 7.87. The number of carbonyl (C=O) groups is 1. The smallest absolute Gasteiger partial charge is 0.324 e. The summed E-state index contributed by atoms with van der Waals surface area (Å²) in [5.74, 6) is -0.646. The van der Waals surface area contributed by atoms with Crippen molar-refractivity contribution < 1.29 is 18.0 Å². The zero-order valence-corrected chi connectivity index (χ0v) is 15.9. The average molecular weight is 428 g/mol. The van der Waals surface area contributed by atoms with Crippen LogP contribution in [0.5, 0.6) is 0 Å². The van der Waals surface area contributed by atoms with E-state index in [0.29, 0.717) is 10.7 Å². The Balaban J connectivity index is 1.94. The standard InChI is InChI=1S/C17H13ClF3N5OS/c1-26-16(23-24-25-26)28-14(10-5-3-2-4-6-10)15(27)22-13-8-7-11(18)9-12(13)17(19,20)21/h2-9,14H,1H3,(H,22,27)/t14-/m0/s1. The second kappa shape index (κ2) is 8.19. The lowest BCUT2D eigenvalue weighted by molar-refractivity contribution is -0.137. The molecule has 6 nitrogen and oxygen atoms in total. The van der Waals surface area contributed by atoms with Gasteiger partial charge in [-0.05, 0) is 34.2 Å². The van der Waals surface area contributed by atoms with Crippen molar-refractivity contribution in [1.82, 2.24) is 20.2 Å². The summed E-state index contributed by atoms with van der Waals surface area (Å²) < 4.78 is 41.3. The molecule has 0 bridgehead atoms. The first kappa shape index (κ1) is 20.2. The van der Waals surface area contributed by atoms with Gasteiger partial charge in [-0.3, -0.25) is 4.79 Å². The molecule has 3 aromatic rings. The fraction of sp³-hybridized carbons (Fsp3) is 0.176. The summed E-state index contributed by atoms with van der Waals surface area (Å²) in [4.78, 5) is 12.9. The van der Waals surface area contributed by atoms with Gasteiger partial charge in [-0.25, -0.2) is 4.68 Å². The summed E-state index contributed by atoms with van der Waals surface area (Å²) >= 11 is 6.71. The number of nitrogens with zero attached hydrogens (tertiary/aromatic N) is 4. The van der Waals surface area contributed by atoms with Crippen LogP contribution in [0, 0.1) is 0 Å². The molecule has 1 atom stereocenters. The number of aromatic nitrogens is 4. The number of aryl methyl sites for hydroxylation is 1. The number of hydrogen-bond donors (Lipinski definition) is 1. The molecule has 0 aliphatic heterocycles. The van der Waals surface area contributed by atoms with Crippen molar-refractivity contribution in [2.45, 2.75) is 16.6 Å². The number of hydrogen-bond acceptors (Lipinski definition) is 5. The van der Waals surface area contributed by atoms with Crippen molar-refractivity contribution in [3.05, 3.63) is 64.7 Å².